The van der Waals surface area contributed by atoms with Gasteiger partial charge in [-0.05, 0) is 12.1 Å². The smallest absolute Gasteiger partial charge is 0.215 e. The number of nitrogens with zero attached hydrogens (tertiary/aromatic N) is 2. The summed E-state index contributed by atoms with van der Waals surface area (Å²) in [5.74, 6) is 0.167. The number of nitrogens with one attached hydrogen (secondary N) is 1. The van der Waals surface area contributed by atoms with Gasteiger partial charge in [-0.2, -0.15) is 4.31 Å². The van der Waals surface area contributed by atoms with E-state index in [0.717, 1.165) is 5.69 Å². The number of aromatic nitrogens is 1. The molecule has 1 fully saturated rings. The fourth-order valence-corrected chi connectivity index (χ4v) is 3.01. The van der Waals surface area contributed by atoms with Gasteiger partial charge in [0.25, 0.3) is 0 Å². The molecule has 2 heterocycles. The largest absolute Gasteiger partial charge is 0.314 e. The van der Waals surface area contributed by atoms with Crippen LogP contribution in [0.5, 0.6) is 0 Å². The molecule has 0 unspecified atom stereocenters. The van der Waals surface area contributed by atoms with Crippen LogP contribution in [0.15, 0.2) is 24.4 Å². The monoisotopic (exact) mass is 241 g/mol. The van der Waals surface area contributed by atoms with Crippen molar-refractivity contribution in [2.45, 2.75) is 6.54 Å². The molecule has 5 nitrogen and oxygen atoms in total. The van der Waals surface area contributed by atoms with E-state index < -0.39 is 10.0 Å². The third-order valence-electron chi connectivity index (χ3n) is 2.53. The summed E-state index contributed by atoms with van der Waals surface area (Å²) in [5.41, 5.74) is 0.785. The number of hydrogen-bond acceptors (Lipinski definition) is 4. The second-order valence-corrected chi connectivity index (χ2v) is 5.81. The van der Waals surface area contributed by atoms with Crippen LogP contribution in [0.3, 0.4) is 0 Å². The fourth-order valence-electron chi connectivity index (χ4n) is 1.65. The average molecular weight is 241 g/mol. The van der Waals surface area contributed by atoms with Crippen molar-refractivity contribution in [3.8, 4) is 0 Å². The van der Waals surface area contributed by atoms with E-state index in [2.05, 4.69) is 10.3 Å². The standard InChI is InChI=1S/C10H15N3O2S/c14-16(15)8-6-11-5-7-13(16)9-10-3-1-2-4-12-10/h1-4,11H,5-9H2. The van der Waals surface area contributed by atoms with Crippen LogP contribution in [0.1, 0.15) is 5.69 Å². The molecule has 1 aliphatic rings. The van der Waals surface area contributed by atoms with E-state index in [1.54, 1.807) is 6.20 Å². The van der Waals surface area contributed by atoms with Crippen molar-refractivity contribution < 1.29 is 8.42 Å². The third kappa shape index (κ3) is 2.78. The molecular weight excluding hydrogens is 226 g/mol. The van der Waals surface area contributed by atoms with Crippen LogP contribution >= 0.6 is 0 Å². The van der Waals surface area contributed by atoms with Crippen LogP contribution in [0.2, 0.25) is 0 Å². The predicted octanol–water partition coefficient (Wildman–Crippen LogP) is -0.183. The van der Waals surface area contributed by atoms with E-state index >= 15 is 0 Å². The lowest BCUT2D eigenvalue weighted by Gasteiger charge is -2.18. The van der Waals surface area contributed by atoms with Crippen LogP contribution in [-0.2, 0) is 16.6 Å². The van der Waals surface area contributed by atoms with Crippen molar-refractivity contribution >= 4 is 10.0 Å². The minimum absolute atomic E-state index is 0.167. The highest BCUT2D eigenvalue weighted by molar-refractivity contribution is 7.89. The van der Waals surface area contributed by atoms with Gasteiger partial charge in [0.15, 0.2) is 0 Å². The topological polar surface area (TPSA) is 62.3 Å². The molecule has 1 aromatic heterocycles. The molecule has 0 saturated carbocycles. The van der Waals surface area contributed by atoms with Crippen molar-refractivity contribution in [1.29, 1.82) is 0 Å². The average Bonchev–Trinajstić information content (AvgIpc) is 2.43. The number of hydrogen-bond donors (Lipinski definition) is 1. The minimum atomic E-state index is -3.13. The zero-order chi connectivity index (χ0) is 11.4. The molecule has 0 amide bonds. The SMILES string of the molecule is O=S1(=O)CCNCCN1Cc1ccccn1. The molecule has 1 aromatic rings. The Morgan fingerprint density at radius 1 is 1.38 bits per heavy atom. The number of pyridine rings is 1. The second-order valence-electron chi connectivity index (χ2n) is 3.72. The molecule has 0 atom stereocenters. The van der Waals surface area contributed by atoms with Crippen LogP contribution in [-0.4, -0.2) is 43.1 Å². The highest BCUT2D eigenvalue weighted by atomic mass is 32.2. The highest BCUT2D eigenvalue weighted by Gasteiger charge is 2.24. The minimum Gasteiger partial charge on any atom is -0.314 e. The van der Waals surface area contributed by atoms with Crippen LogP contribution < -0.4 is 5.32 Å². The first kappa shape index (κ1) is 11.5. The van der Waals surface area contributed by atoms with Gasteiger partial charge in [-0.25, -0.2) is 8.42 Å². The molecule has 0 aliphatic carbocycles. The van der Waals surface area contributed by atoms with E-state index in [-0.39, 0.29) is 5.75 Å². The summed E-state index contributed by atoms with van der Waals surface area (Å²) in [7, 11) is -3.13. The van der Waals surface area contributed by atoms with Gasteiger partial charge in [0.05, 0.1) is 18.0 Å². The fraction of sp³-hybridized carbons (Fsp3) is 0.500. The summed E-state index contributed by atoms with van der Waals surface area (Å²) in [6, 6.07) is 5.53. The zero-order valence-corrected chi connectivity index (χ0v) is 9.78. The van der Waals surface area contributed by atoms with E-state index in [1.807, 2.05) is 18.2 Å². The lowest BCUT2D eigenvalue weighted by atomic mass is 10.3. The zero-order valence-electron chi connectivity index (χ0n) is 8.96. The maximum Gasteiger partial charge on any atom is 0.215 e. The molecule has 2 rings (SSSR count). The Morgan fingerprint density at radius 2 is 2.25 bits per heavy atom. The van der Waals surface area contributed by atoms with Crippen molar-refractivity contribution in [2.75, 3.05) is 25.4 Å². The van der Waals surface area contributed by atoms with Gasteiger partial charge < -0.3 is 5.32 Å². The Kier molecular flexibility index (Phi) is 3.52. The molecular formula is C10H15N3O2S. The Labute approximate surface area is 95.5 Å². The first-order valence-corrected chi connectivity index (χ1v) is 6.88. The number of sulfonamides is 1. The van der Waals surface area contributed by atoms with Gasteiger partial charge >= 0.3 is 0 Å². The van der Waals surface area contributed by atoms with E-state index in [1.165, 1.54) is 4.31 Å². The molecule has 1 aliphatic heterocycles. The normalized spacial score (nSPS) is 21.5. The van der Waals surface area contributed by atoms with Gasteiger partial charge in [0, 0.05) is 25.8 Å². The van der Waals surface area contributed by atoms with Crippen molar-refractivity contribution in [3.05, 3.63) is 30.1 Å². The summed E-state index contributed by atoms with van der Waals surface area (Å²) in [4.78, 5) is 4.14. The molecule has 1 saturated heterocycles. The van der Waals surface area contributed by atoms with Crippen molar-refractivity contribution in [3.63, 3.8) is 0 Å². The third-order valence-corrected chi connectivity index (χ3v) is 4.35. The van der Waals surface area contributed by atoms with Gasteiger partial charge in [-0.3, -0.25) is 4.98 Å². The van der Waals surface area contributed by atoms with E-state index in [4.69, 9.17) is 0 Å². The highest BCUT2D eigenvalue weighted by Crippen LogP contribution is 2.08. The lowest BCUT2D eigenvalue weighted by molar-refractivity contribution is 0.411. The Balaban J connectivity index is 2.13. The molecule has 0 radical (unpaired) electrons. The van der Waals surface area contributed by atoms with Crippen molar-refractivity contribution in [1.82, 2.24) is 14.6 Å². The van der Waals surface area contributed by atoms with Crippen LogP contribution in [0.25, 0.3) is 0 Å². The quantitative estimate of drug-likeness (QED) is 0.780. The van der Waals surface area contributed by atoms with Crippen molar-refractivity contribution in [2.24, 2.45) is 0 Å². The van der Waals surface area contributed by atoms with Gasteiger partial charge in [0.2, 0.25) is 10.0 Å². The summed E-state index contributed by atoms with van der Waals surface area (Å²) >= 11 is 0. The predicted molar refractivity (Wildman–Crippen MR) is 61.3 cm³/mol. The molecule has 0 aromatic carbocycles. The Bertz CT molecular complexity index is 433. The second kappa shape index (κ2) is 4.90. The molecule has 1 N–H and O–H groups in total. The maximum atomic E-state index is 11.9. The van der Waals surface area contributed by atoms with E-state index in [0.29, 0.717) is 26.2 Å². The van der Waals surface area contributed by atoms with Gasteiger partial charge in [-0.1, -0.05) is 6.07 Å². The summed E-state index contributed by atoms with van der Waals surface area (Å²) < 4.78 is 25.2. The number of rotatable bonds is 2. The first-order chi connectivity index (χ1) is 7.68. The molecule has 6 heteroatoms. The Morgan fingerprint density at radius 3 is 3.00 bits per heavy atom. The summed E-state index contributed by atoms with van der Waals surface area (Å²) in [6.45, 7) is 2.11. The van der Waals surface area contributed by atoms with Crippen LogP contribution in [0.4, 0.5) is 0 Å². The molecule has 16 heavy (non-hydrogen) atoms. The van der Waals surface area contributed by atoms with E-state index in [9.17, 15) is 8.42 Å². The van der Waals surface area contributed by atoms with Gasteiger partial charge in [0.1, 0.15) is 0 Å². The van der Waals surface area contributed by atoms with Gasteiger partial charge in [-0.15, -0.1) is 0 Å². The lowest BCUT2D eigenvalue weighted by Crippen LogP contribution is -2.33. The molecule has 88 valence electrons. The summed E-state index contributed by atoms with van der Waals surface area (Å²) in [5, 5.41) is 3.08. The first-order valence-electron chi connectivity index (χ1n) is 5.27. The Hall–Kier alpha value is -0.980. The molecule has 0 spiro atoms. The maximum absolute atomic E-state index is 11.9. The van der Waals surface area contributed by atoms with Crippen LogP contribution in [0, 0.1) is 0 Å². The summed E-state index contributed by atoms with van der Waals surface area (Å²) in [6.07, 6.45) is 1.68. The molecule has 0 bridgehead atoms.